The van der Waals surface area contributed by atoms with Gasteiger partial charge in [0.05, 0.1) is 0 Å². The minimum Gasteiger partial charge on any atom is -0.393 e. The summed E-state index contributed by atoms with van der Waals surface area (Å²) in [6, 6.07) is 0. The summed E-state index contributed by atoms with van der Waals surface area (Å²) in [5.41, 5.74) is 0. The fraction of sp³-hybridized carbons (Fsp3) is 1.00. The topological polar surface area (TPSA) is 55.4 Å². The highest BCUT2D eigenvalue weighted by Crippen LogP contribution is 2.23. The van der Waals surface area contributed by atoms with Crippen LogP contribution in [-0.4, -0.2) is 49.4 Å². The van der Waals surface area contributed by atoms with Crippen LogP contribution < -0.4 is 0 Å². The van der Waals surface area contributed by atoms with Crippen LogP contribution in [0.5, 0.6) is 0 Å². The van der Waals surface area contributed by atoms with E-state index in [-0.39, 0.29) is 0 Å². The van der Waals surface area contributed by atoms with Crippen molar-refractivity contribution < 1.29 is 25.3 Å². The standard InChI is InChI=1S/C12H30O6Si4/c1-7-9-11-13-21(5)15-19(3)17-22(6,14-12-10-8-2)18-20(4)16-21/h7-12H2,1-6H3. The van der Waals surface area contributed by atoms with Crippen LogP contribution in [0.2, 0.25) is 26.2 Å². The van der Waals surface area contributed by atoms with Gasteiger partial charge in [0, 0.05) is 26.3 Å². The minimum absolute atomic E-state index is 0.658. The zero-order valence-corrected chi connectivity index (χ0v) is 18.7. The molecule has 1 aliphatic rings. The summed E-state index contributed by atoms with van der Waals surface area (Å²) < 4.78 is 36.1. The third kappa shape index (κ3) is 7.46. The molecule has 2 radical (unpaired) electrons. The zero-order valence-electron chi connectivity index (χ0n) is 14.7. The van der Waals surface area contributed by atoms with E-state index >= 15 is 0 Å². The fourth-order valence-corrected chi connectivity index (χ4v) is 14.5. The van der Waals surface area contributed by atoms with Gasteiger partial charge in [-0.1, -0.05) is 26.7 Å². The van der Waals surface area contributed by atoms with Crippen LogP contribution in [0.15, 0.2) is 0 Å². The van der Waals surface area contributed by atoms with Gasteiger partial charge >= 0.3 is 36.2 Å². The van der Waals surface area contributed by atoms with Crippen molar-refractivity contribution in [3.63, 3.8) is 0 Å². The molecule has 0 aliphatic carbocycles. The van der Waals surface area contributed by atoms with E-state index in [9.17, 15) is 0 Å². The molecule has 1 saturated heterocycles. The highest BCUT2D eigenvalue weighted by Gasteiger charge is 2.49. The molecule has 1 heterocycles. The highest BCUT2D eigenvalue weighted by atomic mass is 28.5. The molecule has 0 aromatic carbocycles. The quantitative estimate of drug-likeness (QED) is 0.475. The Morgan fingerprint density at radius 1 is 0.727 bits per heavy atom. The van der Waals surface area contributed by atoms with Crippen LogP contribution in [-0.2, 0) is 25.3 Å². The lowest BCUT2D eigenvalue weighted by Crippen LogP contribution is -2.60. The van der Waals surface area contributed by atoms with Gasteiger partial charge in [0.1, 0.15) is 0 Å². The molecule has 130 valence electrons. The molecule has 0 aromatic heterocycles. The van der Waals surface area contributed by atoms with Crippen LogP contribution in [0, 0.1) is 0 Å². The maximum absolute atomic E-state index is 6.07. The van der Waals surface area contributed by atoms with Crippen molar-refractivity contribution in [1.82, 2.24) is 0 Å². The zero-order chi connectivity index (χ0) is 16.6. The van der Waals surface area contributed by atoms with Gasteiger partial charge in [0.2, 0.25) is 0 Å². The van der Waals surface area contributed by atoms with Crippen LogP contribution in [0.1, 0.15) is 39.5 Å². The van der Waals surface area contributed by atoms with E-state index in [4.69, 9.17) is 25.3 Å². The summed E-state index contributed by atoms with van der Waals surface area (Å²) >= 11 is 0. The number of unbranched alkanes of at least 4 members (excludes halogenated alkanes) is 2. The van der Waals surface area contributed by atoms with Crippen molar-refractivity contribution in [1.29, 1.82) is 0 Å². The van der Waals surface area contributed by atoms with Crippen molar-refractivity contribution >= 4 is 36.2 Å². The first-order valence-electron chi connectivity index (χ1n) is 8.03. The molecule has 10 heteroatoms. The Balaban J connectivity index is 2.64. The van der Waals surface area contributed by atoms with E-state index in [1.807, 2.05) is 26.2 Å². The number of rotatable bonds is 8. The van der Waals surface area contributed by atoms with Crippen LogP contribution in [0.25, 0.3) is 0 Å². The van der Waals surface area contributed by atoms with Crippen LogP contribution in [0.4, 0.5) is 0 Å². The molecule has 0 aromatic rings. The molecule has 0 N–H and O–H groups in total. The van der Waals surface area contributed by atoms with Crippen molar-refractivity contribution in [3.8, 4) is 0 Å². The van der Waals surface area contributed by atoms with E-state index in [1.54, 1.807) is 0 Å². The first-order valence-corrected chi connectivity index (χ1v) is 16.1. The predicted molar refractivity (Wildman–Crippen MR) is 92.5 cm³/mol. The molecular weight excluding hydrogens is 352 g/mol. The molecule has 1 aliphatic heterocycles. The van der Waals surface area contributed by atoms with Gasteiger partial charge in [-0.15, -0.1) is 0 Å². The molecule has 1 rings (SSSR count). The lowest BCUT2D eigenvalue weighted by atomic mass is 10.4. The van der Waals surface area contributed by atoms with E-state index < -0.39 is 36.2 Å². The average Bonchev–Trinajstić information content (AvgIpc) is 2.36. The molecule has 0 amide bonds. The third-order valence-electron chi connectivity index (χ3n) is 3.04. The van der Waals surface area contributed by atoms with E-state index in [2.05, 4.69) is 13.8 Å². The van der Waals surface area contributed by atoms with Crippen LogP contribution >= 0.6 is 0 Å². The van der Waals surface area contributed by atoms with Gasteiger partial charge in [-0.3, -0.25) is 0 Å². The van der Waals surface area contributed by atoms with E-state index in [0.717, 1.165) is 25.7 Å². The summed E-state index contributed by atoms with van der Waals surface area (Å²) in [6.07, 6.45) is 4.17. The van der Waals surface area contributed by atoms with Gasteiger partial charge in [-0.25, -0.2) is 0 Å². The van der Waals surface area contributed by atoms with Gasteiger partial charge in [0.15, 0.2) is 0 Å². The second-order valence-electron chi connectivity index (χ2n) is 5.52. The Hall–Kier alpha value is 0.628. The molecule has 0 bridgehead atoms. The first kappa shape index (κ1) is 20.7. The Kier molecular flexibility index (Phi) is 9.22. The average molecular weight is 383 g/mol. The second-order valence-corrected chi connectivity index (χ2v) is 14.8. The lowest BCUT2D eigenvalue weighted by Gasteiger charge is -2.38. The third-order valence-corrected chi connectivity index (χ3v) is 15.0. The normalized spacial score (nSPS) is 31.9. The van der Waals surface area contributed by atoms with Crippen molar-refractivity contribution in [3.05, 3.63) is 0 Å². The molecular formula is C12H30O6Si4. The van der Waals surface area contributed by atoms with Crippen molar-refractivity contribution in [2.45, 2.75) is 65.7 Å². The van der Waals surface area contributed by atoms with Gasteiger partial charge < -0.3 is 25.3 Å². The summed E-state index contributed by atoms with van der Waals surface area (Å²) in [6.45, 7) is 13.3. The molecule has 0 unspecified atom stereocenters. The SMILES string of the molecule is CCCCO[Si]1(C)O[Si](C)O[Si](C)(OCCCC)O[Si](C)O1. The first-order chi connectivity index (χ1) is 10.3. The molecule has 1 fully saturated rings. The Bertz CT molecular complexity index is 280. The fourth-order valence-electron chi connectivity index (χ4n) is 2.05. The largest absolute Gasteiger partial charge is 0.479 e. The second kappa shape index (κ2) is 9.81. The van der Waals surface area contributed by atoms with E-state index in [1.165, 1.54) is 0 Å². The Labute approximate surface area is 140 Å². The smallest absolute Gasteiger partial charge is 0.393 e. The Morgan fingerprint density at radius 2 is 1.05 bits per heavy atom. The van der Waals surface area contributed by atoms with Crippen molar-refractivity contribution in [2.24, 2.45) is 0 Å². The van der Waals surface area contributed by atoms with E-state index in [0.29, 0.717) is 13.2 Å². The van der Waals surface area contributed by atoms with Gasteiger partial charge in [-0.2, -0.15) is 0 Å². The molecule has 0 atom stereocenters. The number of hydrogen-bond acceptors (Lipinski definition) is 6. The van der Waals surface area contributed by atoms with Crippen LogP contribution in [0.3, 0.4) is 0 Å². The predicted octanol–water partition coefficient (Wildman–Crippen LogP) is 3.07. The monoisotopic (exact) mass is 382 g/mol. The molecule has 6 nitrogen and oxygen atoms in total. The number of hydrogen-bond donors (Lipinski definition) is 0. The highest BCUT2D eigenvalue weighted by molar-refractivity contribution is 6.81. The molecule has 0 spiro atoms. The molecule has 22 heavy (non-hydrogen) atoms. The Morgan fingerprint density at radius 3 is 1.32 bits per heavy atom. The van der Waals surface area contributed by atoms with Gasteiger partial charge in [-0.05, 0) is 25.9 Å². The maximum Gasteiger partial charge on any atom is 0.479 e. The summed E-state index contributed by atoms with van der Waals surface area (Å²) in [4.78, 5) is 0. The lowest BCUT2D eigenvalue weighted by molar-refractivity contribution is 0.105. The summed E-state index contributed by atoms with van der Waals surface area (Å²) in [5, 5.41) is 0. The maximum atomic E-state index is 6.07. The summed E-state index contributed by atoms with van der Waals surface area (Å²) in [5.74, 6) is 0. The van der Waals surface area contributed by atoms with Gasteiger partial charge in [0.25, 0.3) is 0 Å². The van der Waals surface area contributed by atoms with Crippen molar-refractivity contribution in [2.75, 3.05) is 13.2 Å². The molecule has 0 saturated carbocycles. The minimum atomic E-state index is -2.68. The summed E-state index contributed by atoms with van der Waals surface area (Å²) in [7, 11) is -8.39.